The van der Waals surface area contributed by atoms with Crippen LogP contribution >= 0.6 is 0 Å². The Balaban J connectivity index is 0.000000213. The third-order valence-electron chi connectivity index (χ3n) is 3.63. The molecule has 1 nitrogen and oxygen atoms in total. The molecule has 0 amide bonds. The fourth-order valence-corrected chi connectivity index (χ4v) is 2.61. The molecule has 0 saturated heterocycles. The summed E-state index contributed by atoms with van der Waals surface area (Å²) >= 11 is 0. The van der Waals surface area contributed by atoms with Gasteiger partial charge in [-0.25, -0.2) is 0 Å². The maximum atomic E-state index is 9.44. The minimum Gasteiger partial charge on any atom is -0.300 e. The number of allylic oxidation sites excluding steroid dienone is 2. The van der Waals surface area contributed by atoms with Gasteiger partial charge in [-0.3, -0.25) is 0 Å². The fourth-order valence-electron chi connectivity index (χ4n) is 2.61. The van der Waals surface area contributed by atoms with Crippen molar-refractivity contribution in [3.63, 3.8) is 0 Å². The van der Waals surface area contributed by atoms with Crippen molar-refractivity contribution in [1.82, 2.24) is 0 Å². The topological polar surface area (TPSA) is 17.1 Å². The Hall–Kier alpha value is -0.590. The molecule has 0 heterocycles. The van der Waals surface area contributed by atoms with Crippen LogP contribution in [-0.2, 0) is 4.79 Å². The van der Waals surface area contributed by atoms with Crippen LogP contribution in [0.2, 0.25) is 0 Å². The van der Waals surface area contributed by atoms with Crippen LogP contribution in [0.15, 0.2) is 11.1 Å². The lowest BCUT2D eigenvalue weighted by molar-refractivity contribution is -0.114. The summed E-state index contributed by atoms with van der Waals surface area (Å²) in [4.78, 5) is 9.44. The molecule has 3 aliphatic rings. The van der Waals surface area contributed by atoms with E-state index in [4.69, 9.17) is 0 Å². The summed E-state index contributed by atoms with van der Waals surface area (Å²) in [5.74, 6) is 1.19. The van der Waals surface area contributed by atoms with E-state index in [0.29, 0.717) is 5.41 Å². The smallest absolute Gasteiger partial charge is 0.126 e. The first kappa shape index (κ1) is 11.5. The summed E-state index contributed by atoms with van der Waals surface area (Å²) in [5.41, 5.74) is 4.04. The number of Topliss-reactive ketones (excluding diaryl/α,β-unsaturated/α-hetero) is 1. The second-order valence-corrected chi connectivity index (χ2v) is 5.33. The lowest BCUT2D eigenvalue weighted by Gasteiger charge is -2.52. The van der Waals surface area contributed by atoms with Crippen molar-refractivity contribution in [1.29, 1.82) is 0 Å². The van der Waals surface area contributed by atoms with Crippen LogP contribution in [0.25, 0.3) is 0 Å². The molecule has 1 unspecified atom stereocenters. The van der Waals surface area contributed by atoms with Crippen LogP contribution in [0.4, 0.5) is 0 Å². The van der Waals surface area contributed by atoms with E-state index in [-0.39, 0.29) is 5.78 Å². The van der Waals surface area contributed by atoms with Gasteiger partial charge < -0.3 is 4.79 Å². The molecule has 0 radical (unpaired) electrons. The molecular formula is C13H22O. The Morgan fingerprint density at radius 2 is 1.86 bits per heavy atom. The molecular weight excluding hydrogens is 172 g/mol. The Morgan fingerprint density at radius 3 is 2.07 bits per heavy atom. The number of carbonyl (C=O) groups excluding carboxylic acids is 1. The standard InChI is InChI=1S/C10H16.C3H6O/c1-7-4-5-8-6-9(7)10(8,2)3;1-3(2)4/h8H,4-6H2,1-3H3;1-2H3. The first-order valence-electron chi connectivity index (χ1n) is 5.52. The van der Waals surface area contributed by atoms with E-state index in [1.165, 1.54) is 33.1 Å². The number of hydrogen-bond acceptors (Lipinski definition) is 1. The van der Waals surface area contributed by atoms with E-state index >= 15 is 0 Å². The summed E-state index contributed by atoms with van der Waals surface area (Å²) in [5, 5.41) is 0. The zero-order chi connectivity index (χ0) is 10.9. The molecule has 0 spiro atoms. The van der Waals surface area contributed by atoms with E-state index < -0.39 is 0 Å². The minimum absolute atomic E-state index is 0.167. The quantitative estimate of drug-likeness (QED) is 0.537. The molecule has 2 bridgehead atoms. The third kappa shape index (κ3) is 2.08. The average Bonchev–Trinajstić information content (AvgIpc) is 2.02. The number of ketones is 1. The van der Waals surface area contributed by atoms with Gasteiger partial charge in [0.2, 0.25) is 0 Å². The highest BCUT2D eigenvalue weighted by atomic mass is 16.1. The Morgan fingerprint density at radius 1 is 1.36 bits per heavy atom. The highest BCUT2D eigenvalue weighted by Gasteiger charge is 2.46. The molecule has 1 atom stereocenters. The van der Waals surface area contributed by atoms with Crippen LogP contribution in [0, 0.1) is 11.3 Å². The molecule has 80 valence electrons. The van der Waals surface area contributed by atoms with Crippen LogP contribution < -0.4 is 0 Å². The van der Waals surface area contributed by atoms with Crippen molar-refractivity contribution >= 4 is 5.78 Å². The van der Waals surface area contributed by atoms with Crippen molar-refractivity contribution < 1.29 is 4.79 Å². The second-order valence-electron chi connectivity index (χ2n) is 5.33. The van der Waals surface area contributed by atoms with Gasteiger partial charge in [-0.1, -0.05) is 25.0 Å². The fraction of sp³-hybridized carbons (Fsp3) is 0.769. The average molecular weight is 194 g/mol. The molecule has 14 heavy (non-hydrogen) atoms. The second kappa shape index (κ2) is 3.88. The summed E-state index contributed by atoms with van der Waals surface area (Å²) in [6, 6.07) is 0. The summed E-state index contributed by atoms with van der Waals surface area (Å²) < 4.78 is 0. The molecule has 0 aromatic heterocycles. The Labute approximate surface area is 87.6 Å². The molecule has 0 aromatic carbocycles. The monoisotopic (exact) mass is 194 g/mol. The van der Waals surface area contributed by atoms with Crippen LogP contribution in [-0.4, -0.2) is 5.78 Å². The predicted octanol–water partition coefficient (Wildman–Crippen LogP) is 3.74. The summed E-state index contributed by atoms with van der Waals surface area (Å²) in [7, 11) is 0. The minimum atomic E-state index is 0.167. The number of rotatable bonds is 0. The molecule has 0 N–H and O–H groups in total. The zero-order valence-electron chi connectivity index (χ0n) is 10.1. The number of carbonyl (C=O) groups is 1. The maximum Gasteiger partial charge on any atom is 0.126 e. The van der Waals surface area contributed by atoms with E-state index in [9.17, 15) is 4.79 Å². The van der Waals surface area contributed by atoms with Crippen LogP contribution in [0.1, 0.15) is 53.9 Å². The lowest BCUT2D eigenvalue weighted by atomic mass is 9.52. The van der Waals surface area contributed by atoms with E-state index in [0.717, 1.165) is 5.92 Å². The van der Waals surface area contributed by atoms with E-state index in [1.807, 2.05) is 0 Å². The Bertz CT molecular complexity index is 267. The first-order valence-corrected chi connectivity index (χ1v) is 5.52. The van der Waals surface area contributed by atoms with Gasteiger partial charge in [0.1, 0.15) is 5.78 Å². The van der Waals surface area contributed by atoms with E-state index in [2.05, 4.69) is 20.8 Å². The van der Waals surface area contributed by atoms with Gasteiger partial charge in [0.15, 0.2) is 0 Å². The van der Waals surface area contributed by atoms with Gasteiger partial charge in [0, 0.05) is 0 Å². The van der Waals surface area contributed by atoms with Gasteiger partial charge >= 0.3 is 0 Å². The molecule has 1 fully saturated rings. The van der Waals surface area contributed by atoms with Gasteiger partial charge in [-0.05, 0) is 51.4 Å². The van der Waals surface area contributed by atoms with Crippen LogP contribution in [0.3, 0.4) is 0 Å². The highest BCUT2D eigenvalue weighted by Crippen LogP contribution is 2.58. The zero-order valence-corrected chi connectivity index (χ0v) is 10.1. The van der Waals surface area contributed by atoms with Crippen molar-refractivity contribution in [3.8, 4) is 0 Å². The molecule has 0 aromatic rings. The van der Waals surface area contributed by atoms with Crippen molar-refractivity contribution in [2.75, 3.05) is 0 Å². The summed E-state index contributed by atoms with van der Waals surface area (Å²) in [6.07, 6.45) is 4.24. The van der Waals surface area contributed by atoms with Crippen molar-refractivity contribution in [2.24, 2.45) is 11.3 Å². The first-order chi connectivity index (χ1) is 6.35. The normalized spacial score (nSPS) is 27.4. The third-order valence-corrected chi connectivity index (χ3v) is 3.63. The maximum absolute atomic E-state index is 9.44. The van der Waals surface area contributed by atoms with Crippen molar-refractivity contribution in [2.45, 2.75) is 53.9 Å². The SMILES string of the molecule is CC(C)=O.CC1=C2CC(CC1)C2(C)C. The van der Waals surface area contributed by atoms with E-state index in [1.54, 1.807) is 11.1 Å². The summed E-state index contributed by atoms with van der Waals surface area (Å²) in [6.45, 7) is 10.2. The van der Waals surface area contributed by atoms with Gasteiger partial charge in [-0.15, -0.1) is 0 Å². The van der Waals surface area contributed by atoms with Crippen molar-refractivity contribution in [3.05, 3.63) is 11.1 Å². The largest absolute Gasteiger partial charge is 0.300 e. The lowest BCUT2D eigenvalue weighted by Crippen LogP contribution is -2.41. The number of hydrogen-bond donors (Lipinski definition) is 0. The molecule has 1 saturated carbocycles. The van der Waals surface area contributed by atoms with Crippen LogP contribution in [0.5, 0.6) is 0 Å². The van der Waals surface area contributed by atoms with Gasteiger partial charge in [0.25, 0.3) is 0 Å². The molecule has 1 heteroatoms. The predicted molar refractivity (Wildman–Crippen MR) is 60.2 cm³/mol. The molecule has 3 rings (SSSR count). The van der Waals surface area contributed by atoms with Gasteiger partial charge in [0.05, 0.1) is 0 Å². The highest BCUT2D eigenvalue weighted by molar-refractivity contribution is 5.72. The molecule has 3 aliphatic carbocycles. The van der Waals surface area contributed by atoms with Gasteiger partial charge in [-0.2, -0.15) is 0 Å². The molecule has 0 aliphatic heterocycles. The Kier molecular flexibility index (Phi) is 3.18. The number of fused-ring (bicyclic) bond motifs is 2.